The summed E-state index contributed by atoms with van der Waals surface area (Å²) in [6.07, 6.45) is -0.312. The van der Waals surface area contributed by atoms with Gasteiger partial charge in [0.25, 0.3) is 0 Å². The van der Waals surface area contributed by atoms with Gasteiger partial charge in [-0.2, -0.15) is 4.99 Å². The van der Waals surface area contributed by atoms with Crippen molar-refractivity contribution in [2.45, 2.75) is 6.17 Å². The molecule has 0 amide bonds. The lowest BCUT2D eigenvalue weighted by atomic mass is 9.99. The van der Waals surface area contributed by atoms with Gasteiger partial charge in [0.2, 0.25) is 5.96 Å². The fraction of sp³-hybridized carbons (Fsp3) is 0.0196. The lowest BCUT2D eigenvalue weighted by Crippen LogP contribution is -2.35. The Morgan fingerprint density at radius 1 is 0.375 bits per heavy atom. The third-order valence-electron chi connectivity index (χ3n) is 11.0. The Hall–Kier alpha value is -7.50. The highest BCUT2D eigenvalue weighted by Crippen LogP contribution is 2.39. The summed E-state index contributed by atoms with van der Waals surface area (Å²) in [6.45, 7) is 0. The summed E-state index contributed by atoms with van der Waals surface area (Å²) >= 11 is 0. The van der Waals surface area contributed by atoms with Crippen molar-refractivity contribution in [1.29, 1.82) is 0 Å². The molecular formula is C51H35N5. The molecule has 0 saturated carbocycles. The third-order valence-corrected chi connectivity index (χ3v) is 11.0. The van der Waals surface area contributed by atoms with Gasteiger partial charge in [-0.25, -0.2) is 4.99 Å². The first-order valence-corrected chi connectivity index (χ1v) is 19.0. The normalized spacial score (nSPS) is 14.2. The van der Waals surface area contributed by atoms with Crippen LogP contribution in [-0.4, -0.2) is 20.9 Å². The van der Waals surface area contributed by atoms with Crippen LogP contribution in [-0.2, 0) is 0 Å². The number of amidine groups is 1. The van der Waals surface area contributed by atoms with Crippen molar-refractivity contribution in [1.82, 2.24) is 14.5 Å². The van der Waals surface area contributed by atoms with Gasteiger partial charge in [-0.05, 0) is 76.3 Å². The van der Waals surface area contributed by atoms with Crippen LogP contribution in [0, 0.1) is 0 Å². The zero-order chi connectivity index (χ0) is 37.0. The van der Waals surface area contributed by atoms with Crippen LogP contribution in [0.3, 0.4) is 0 Å². The Kier molecular flexibility index (Phi) is 7.49. The molecule has 0 bridgehead atoms. The first kappa shape index (κ1) is 32.0. The second-order valence-electron chi connectivity index (χ2n) is 14.3. The van der Waals surface area contributed by atoms with Gasteiger partial charge in [-0.15, -0.1) is 0 Å². The topological polar surface area (TPSA) is 46.6 Å². The maximum Gasteiger partial charge on any atom is 0.234 e. The van der Waals surface area contributed by atoms with E-state index in [-0.39, 0.29) is 6.17 Å². The van der Waals surface area contributed by atoms with E-state index in [0.717, 1.165) is 61.1 Å². The van der Waals surface area contributed by atoms with Crippen LogP contribution in [0.15, 0.2) is 210 Å². The maximum absolute atomic E-state index is 5.32. The minimum Gasteiger partial charge on any atom is -0.344 e. The van der Waals surface area contributed by atoms with Gasteiger partial charge in [0.05, 0.1) is 22.1 Å². The number of hydrogen-bond donors (Lipinski definition) is 1. The Balaban J connectivity index is 1.13. The van der Waals surface area contributed by atoms with E-state index in [4.69, 9.17) is 9.98 Å². The molecule has 1 unspecified atom stereocenters. The fourth-order valence-electron chi connectivity index (χ4n) is 8.32. The molecule has 1 aliphatic rings. The molecule has 0 saturated heterocycles. The summed E-state index contributed by atoms with van der Waals surface area (Å²) in [5.74, 6) is 1.43. The highest BCUT2D eigenvalue weighted by atomic mass is 15.3. The van der Waals surface area contributed by atoms with Gasteiger partial charge in [-0.1, -0.05) is 152 Å². The Morgan fingerprint density at radius 2 is 0.893 bits per heavy atom. The average Bonchev–Trinajstić information content (AvgIpc) is 3.79. The van der Waals surface area contributed by atoms with Gasteiger partial charge < -0.3 is 9.88 Å². The third kappa shape index (κ3) is 5.32. The number of nitrogens with one attached hydrogen (secondary N) is 1. The molecule has 1 atom stereocenters. The molecule has 1 aliphatic heterocycles. The molecule has 0 aliphatic carbocycles. The van der Waals surface area contributed by atoms with E-state index in [1.807, 2.05) is 24.3 Å². The monoisotopic (exact) mass is 717 g/mol. The number of hydrogen-bond acceptors (Lipinski definition) is 3. The molecule has 8 aromatic carbocycles. The summed E-state index contributed by atoms with van der Waals surface area (Å²) in [6, 6.07) is 71.1. The summed E-state index contributed by atoms with van der Waals surface area (Å²) in [7, 11) is 0. The molecular weight excluding hydrogens is 683 g/mol. The predicted octanol–water partition coefficient (Wildman–Crippen LogP) is 12.2. The largest absolute Gasteiger partial charge is 0.344 e. The fourth-order valence-corrected chi connectivity index (χ4v) is 8.32. The molecule has 264 valence electrons. The minimum atomic E-state index is -0.312. The van der Waals surface area contributed by atoms with Crippen molar-refractivity contribution in [2.24, 2.45) is 9.98 Å². The molecule has 0 radical (unpaired) electrons. The molecule has 0 spiro atoms. The molecule has 1 N–H and O–H groups in total. The van der Waals surface area contributed by atoms with Crippen LogP contribution in [0.5, 0.6) is 0 Å². The van der Waals surface area contributed by atoms with E-state index < -0.39 is 0 Å². The second-order valence-corrected chi connectivity index (χ2v) is 14.3. The highest BCUT2D eigenvalue weighted by Gasteiger charge is 2.24. The van der Waals surface area contributed by atoms with Gasteiger partial charge in [0.15, 0.2) is 0 Å². The van der Waals surface area contributed by atoms with Crippen molar-refractivity contribution in [3.63, 3.8) is 0 Å². The lowest BCUT2D eigenvalue weighted by molar-refractivity contribution is 0.668. The quantitative estimate of drug-likeness (QED) is 0.189. The minimum absolute atomic E-state index is 0.312. The van der Waals surface area contributed by atoms with Crippen LogP contribution in [0.1, 0.15) is 17.3 Å². The molecule has 3 heterocycles. The standard InChI is InChI=1S/C51H35N5/c1-5-15-34(16-6-1)39-25-28-42-44-32-38(37-26-29-46-43(31-37)41-23-13-14-24-45(41)55(46)40-21-11-4-12-22-40)27-30-47(44)56(48(42)33-39)51-53-49(35-17-7-2-8-18-35)52-50(54-51)36-19-9-3-10-20-36/h1-33,49H,(H,52,53,54). The second kappa shape index (κ2) is 13.1. The molecule has 0 fully saturated rings. The van der Waals surface area contributed by atoms with Crippen LogP contribution in [0.25, 0.3) is 71.6 Å². The van der Waals surface area contributed by atoms with E-state index >= 15 is 0 Å². The van der Waals surface area contributed by atoms with E-state index in [2.05, 4.69) is 190 Å². The van der Waals surface area contributed by atoms with Crippen molar-refractivity contribution in [3.8, 4) is 27.9 Å². The number of nitrogens with zero attached hydrogens (tertiary/aromatic N) is 4. The number of fused-ring (bicyclic) bond motifs is 6. The first-order valence-electron chi connectivity index (χ1n) is 19.0. The van der Waals surface area contributed by atoms with Crippen LogP contribution in [0.2, 0.25) is 0 Å². The van der Waals surface area contributed by atoms with Crippen molar-refractivity contribution >= 4 is 55.4 Å². The van der Waals surface area contributed by atoms with E-state index in [9.17, 15) is 0 Å². The predicted molar refractivity (Wildman–Crippen MR) is 233 cm³/mol. The Bertz CT molecular complexity index is 3140. The smallest absolute Gasteiger partial charge is 0.234 e. The molecule has 5 nitrogen and oxygen atoms in total. The van der Waals surface area contributed by atoms with E-state index in [0.29, 0.717) is 5.96 Å². The van der Waals surface area contributed by atoms with Crippen LogP contribution >= 0.6 is 0 Å². The average molecular weight is 718 g/mol. The molecule has 56 heavy (non-hydrogen) atoms. The zero-order valence-corrected chi connectivity index (χ0v) is 30.4. The van der Waals surface area contributed by atoms with Gasteiger partial charge in [0.1, 0.15) is 12.0 Å². The summed E-state index contributed by atoms with van der Waals surface area (Å²) < 4.78 is 4.61. The van der Waals surface area contributed by atoms with Gasteiger partial charge in [-0.3, -0.25) is 4.57 Å². The van der Waals surface area contributed by atoms with E-state index in [1.165, 1.54) is 27.4 Å². The molecule has 2 aromatic heterocycles. The zero-order valence-electron chi connectivity index (χ0n) is 30.4. The lowest BCUT2D eigenvalue weighted by Gasteiger charge is -2.24. The SMILES string of the molecule is c1ccc(C2=NC(n3c4ccc(-c5ccc6c(c5)c5ccccc5n6-c5ccccc5)cc4c4ccc(-c5ccccc5)cc43)=NC(c3ccccc3)N2)cc1. The maximum atomic E-state index is 5.32. The Morgan fingerprint density at radius 3 is 1.59 bits per heavy atom. The number of aromatic nitrogens is 2. The van der Waals surface area contributed by atoms with Crippen LogP contribution in [0.4, 0.5) is 0 Å². The number of para-hydroxylation sites is 2. The van der Waals surface area contributed by atoms with Crippen LogP contribution < -0.4 is 5.32 Å². The summed E-state index contributed by atoms with van der Waals surface area (Å²) in [5.41, 5.74) is 12.4. The molecule has 5 heteroatoms. The highest BCUT2D eigenvalue weighted by molar-refractivity contribution is 6.18. The summed E-state index contributed by atoms with van der Waals surface area (Å²) in [5, 5.41) is 8.40. The number of rotatable bonds is 5. The number of benzene rings is 8. The number of aliphatic imine (C=N–C) groups is 2. The van der Waals surface area contributed by atoms with Crippen molar-refractivity contribution < 1.29 is 0 Å². The molecule has 10 aromatic rings. The first-order chi connectivity index (χ1) is 27.8. The van der Waals surface area contributed by atoms with Crippen molar-refractivity contribution in [2.75, 3.05) is 0 Å². The van der Waals surface area contributed by atoms with E-state index in [1.54, 1.807) is 0 Å². The van der Waals surface area contributed by atoms with Gasteiger partial charge >= 0.3 is 0 Å². The summed E-state index contributed by atoms with van der Waals surface area (Å²) in [4.78, 5) is 10.6. The molecule has 11 rings (SSSR count). The Labute approximate surface area is 324 Å². The van der Waals surface area contributed by atoms with Gasteiger partial charge in [0, 0.05) is 32.8 Å². The van der Waals surface area contributed by atoms with Crippen molar-refractivity contribution in [3.05, 3.63) is 211 Å².